The second-order valence-corrected chi connectivity index (χ2v) is 2.49. The van der Waals surface area contributed by atoms with E-state index in [0.29, 0.717) is 0 Å². The Balaban J connectivity index is 2.54. The average molecular weight is 153 g/mol. The molecule has 0 bridgehead atoms. The maximum absolute atomic E-state index is 4.18. The van der Waals surface area contributed by atoms with Gasteiger partial charge in [0, 0.05) is 31.4 Å². The van der Waals surface area contributed by atoms with Crippen LogP contribution in [0.3, 0.4) is 0 Å². The predicted octanol–water partition coefficient (Wildman–Crippen LogP) is 0.665. The average Bonchev–Trinajstić information content (AvgIpc) is 2.47. The number of nitrogens with zero attached hydrogens (tertiary/aromatic N) is 2. The van der Waals surface area contributed by atoms with Crippen LogP contribution >= 0.6 is 0 Å². The monoisotopic (exact) mass is 153 g/mol. The highest BCUT2D eigenvalue weighted by molar-refractivity contribution is 5.00. The maximum Gasteiger partial charge on any atom is 0.0492 e. The third kappa shape index (κ3) is 2.05. The predicted molar refractivity (Wildman–Crippen MR) is 45.5 cm³/mol. The van der Waals surface area contributed by atoms with E-state index in [9.17, 15) is 0 Å². The van der Waals surface area contributed by atoms with Crippen LogP contribution in [0.2, 0.25) is 0 Å². The SMILES string of the molecule is CCn1nccc1CCNC. The fourth-order valence-corrected chi connectivity index (χ4v) is 1.11. The minimum Gasteiger partial charge on any atom is -0.319 e. The molecule has 0 saturated carbocycles. The summed E-state index contributed by atoms with van der Waals surface area (Å²) < 4.78 is 2.03. The summed E-state index contributed by atoms with van der Waals surface area (Å²) in [4.78, 5) is 0. The highest BCUT2D eigenvalue weighted by atomic mass is 15.3. The van der Waals surface area contributed by atoms with E-state index >= 15 is 0 Å². The molecular formula is C8H15N3. The highest BCUT2D eigenvalue weighted by Gasteiger charge is 1.97. The third-order valence-corrected chi connectivity index (χ3v) is 1.74. The molecule has 0 unspecified atom stereocenters. The lowest BCUT2D eigenvalue weighted by Gasteiger charge is -2.02. The smallest absolute Gasteiger partial charge is 0.0492 e. The van der Waals surface area contributed by atoms with Crippen molar-refractivity contribution in [1.29, 1.82) is 0 Å². The molecule has 0 fully saturated rings. The van der Waals surface area contributed by atoms with E-state index in [1.165, 1.54) is 5.69 Å². The number of aryl methyl sites for hydroxylation is 1. The third-order valence-electron chi connectivity index (χ3n) is 1.74. The van der Waals surface area contributed by atoms with E-state index in [1.807, 2.05) is 17.9 Å². The Morgan fingerprint density at radius 3 is 3.09 bits per heavy atom. The molecule has 62 valence electrons. The van der Waals surface area contributed by atoms with E-state index in [4.69, 9.17) is 0 Å². The van der Waals surface area contributed by atoms with Gasteiger partial charge in [-0.2, -0.15) is 5.10 Å². The Labute approximate surface area is 67.4 Å². The lowest BCUT2D eigenvalue weighted by Crippen LogP contribution is -2.13. The van der Waals surface area contributed by atoms with Crippen LogP contribution < -0.4 is 5.32 Å². The topological polar surface area (TPSA) is 29.9 Å². The van der Waals surface area contributed by atoms with E-state index in [1.54, 1.807) is 0 Å². The summed E-state index contributed by atoms with van der Waals surface area (Å²) >= 11 is 0. The van der Waals surface area contributed by atoms with Gasteiger partial charge in [-0.15, -0.1) is 0 Å². The van der Waals surface area contributed by atoms with Crippen LogP contribution in [-0.4, -0.2) is 23.4 Å². The number of hydrogen-bond acceptors (Lipinski definition) is 2. The van der Waals surface area contributed by atoms with Crippen LogP contribution in [-0.2, 0) is 13.0 Å². The zero-order valence-electron chi connectivity index (χ0n) is 7.17. The van der Waals surface area contributed by atoms with Crippen LogP contribution in [0.5, 0.6) is 0 Å². The van der Waals surface area contributed by atoms with Crippen molar-refractivity contribution in [2.75, 3.05) is 13.6 Å². The van der Waals surface area contributed by atoms with Gasteiger partial charge >= 0.3 is 0 Å². The Kier molecular flexibility index (Phi) is 3.11. The first kappa shape index (κ1) is 8.27. The quantitative estimate of drug-likeness (QED) is 0.689. The molecular weight excluding hydrogens is 138 g/mol. The summed E-state index contributed by atoms with van der Waals surface area (Å²) in [6.07, 6.45) is 2.92. The van der Waals surface area contributed by atoms with E-state index in [2.05, 4.69) is 23.4 Å². The lowest BCUT2D eigenvalue weighted by molar-refractivity contribution is 0.611. The Morgan fingerprint density at radius 1 is 1.64 bits per heavy atom. The second kappa shape index (κ2) is 4.13. The molecule has 1 rings (SSSR count). The summed E-state index contributed by atoms with van der Waals surface area (Å²) in [5.74, 6) is 0. The molecule has 1 heterocycles. The first-order valence-electron chi connectivity index (χ1n) is 4.03. The molecule has 0 aliphatic carbocycles. The first-order valence-corrected chi connectivity index (χ1v) is 4.03. The van der Waals surface area contributed by atoms with E-state index in [0.717, 1.165) is 19.5 Å². The van der Waals surface area contributed by atoms with Gasteiger partial charge in [-0.05, 0) is 20.0 Å². The van der Waals surface area contributed by atoms with Gasteiger partial charge in [-0.1, -0.05) is 0 Å². The van der Waals surface area contributed by atoms with Crippen molar-refractivity contribution in [1.82, 2.24) is 15.1 Å². The van der Waals surface area contributed by atoms with E-state index in [-0.39, 0.29) is 0 Å². The molecule has 11 heavy (non-hydrogen) atoms. The zero-order chi connectivity index (χ0) is 8.10. The molecule has 0 radical (unpaired) electrons. The van der Waals surface area contributed by atoms with Crippen molar-refractivity contribution >= 4 is 0 Å². The summed E-state index contributed by atoms with van der Waals surface area (Å²) in [6, 6.07) is 2.07. The highest BCUT2D eigenvalue weighted by Crippen LogP contribution is 1.98. The fourth-order valence-electron chi connectivity index (χ4n) is 1.11. The molecule has 3 heteroatoms. The molecule has 0 saturated heterocycles. The number of hydrogen-bond donors (Lipinski definition) is 1. The minimum atomic E-state index is 0.964. The molecule has 0 aliphatic rings. The summed E-state index contributed by atoms with van der Waals surface area (Å²) in [7, 11) is 1.96. The van der Waals surface area contributed by atoms with Crippen LogP contribution in [0.25, 0.3) is 0 Å². The second-order valence-electron chi connectivity index (χ2n) is 2.49. The van der Waals surface area contributed by atoms with Gasteiger partial charge in [0.05, 0.1) is 0 Å². The summed E-state index contributed by atoms with van der Waals surface area (Å²) in [6.45, 7) is 4.09. The van der Waals surface area contributed by atoms with Crippen molar-refractivity contribution in [3.63, 3.8) is 0 Å². The molecule has 1 aromatic heterocycles. The molecule has 1 aromatic rings. The van der Waals surface area contributed by atoms with Gasteiger partial charge in [0.2, 0.25) is 0 Å². The van der Waals surface area contributed by atoms with Gasteiger partial charge in [0.25, 0.3) is 0 Å². The van der Waals surface area contributed by atoms with Gasteiger partial charge in [-0.3, -0.25) is 4.68 Å². The van der Waals surface area contributed by atoms with Gasteiger partial charge in [0.1, 0.15) is 0 Å². The van der Waals surface area contributed by atoms with Gasteiger partial charge in [-0.25, -0.2) is 0 Å². The largest absolute Gasteiger partial charge is 0.319 e. The minimum absolute atomic E-state index is 0.964. The van der Waals surface area contributed by atoms with Crippen LogP contribution in [0.1, 0.15) is 12.6 Å². The van der Waals surface area contributed by atoms with Crippen LogP contribution in [0, 0.1) is 0 Å². The normalized spacial score (nSPS) is 10.4. The van der Waals surface area contributed by atoms with Crippen LogP contribution in [0.15, 0.2) is 12.3 Å². The molecule has 0 amide bonds. The van der Waals surface area contributed by atoms with Crippen LogP contribution in [0.4, 0.5) is 0 Å². The first-order chi connectivity index (χ1) is 5.38. The van der Waals surface area contributed by atoms with Gasteiger partial charge < -0.3 is 5.32 Å². The molecule has 0 atom stereocenters. The molecule has 1 N–H and O–H groups in total. The van der Waals surface area contributed by atoms with Crippen molar-refractivity contribution in [2.24, 2.45) is 0 Å². The fraction of sp³-hybridized carbons (Fsp3) is 0.625. The number of likely N-dealkylation sites (N-methyl/N-ethyl adjacent to an activating group) is 1. The number of nitrogens with one attached hydrogen (secondary N) is 1. The van der Waals surface area contributed by atoms with Crippen molar-refractivity contribution in [2.45, 2.75) is 19.9 Å². The zero-order valence-corrected chi connectivity index (χ0v) is 7.17. The Bertz CT molecular complexity index is 205. The standard InChI is InChI=1S/C8H15N3/c1-3-11-8(4-6-9-2)5-7-10-11/h5,7,9H,3-4,6H2,1-2H3. The van der Waals surface area contributed by atoms with Crippen molar-refractivity contribution in [3.05, 3.63) is 18.0 Å². The van der Waals surface area contributed by atoms with Crippen molar-refractivity contribution < 1.29 is 0 Å². The van der Waals surface area contributed by atoms with Crippen molar-refractivity contribution in [3.8, 4) is 0 Å². The molecule has 0 aliphatic heterocycles. The van der Waals surface area contributed by atoms with E-state index < -0.39 is 0 Å². The molecule has 0 aromatic carbocycles. The molecule has 0 spiro atoms. The Hall–Kier alpha value is -0.830. The Morgan fingerprint density at radius 2 is 2.45 bits per heavy atom. The summed E-state index contributed by atoms with van der Waals surface area (Å²) in [5.41, 5.74) is 1.31. The number of rotatable bonds is 4. The number of aromatic nitrogens is 2. The maximum atomic E-state index is 4.18. The summed E-state index contributed by atoms with van der Waals surface area (Å²) in [5, 5.41) is 7.29. The van der Waals surface area contributed by atoms with Gasteiger partial charge in [0.15, 0.2) is 0 Å². The molecule has 3 nitrogen and oxygen atoms in total. The lowest BCUT2D eigenvalue weighted by atomic mass is 10.3.